The number of benzene rings is 1. The molecule has 0 radical (unpaired) electrons. The molecule has 1 aromatic carbocycles. The van der Waals surface area contributed by atoms with E-state index in [0.717, 1.165) is 5.69 Å². The van der Waals surface area contributed by atoms with Gasteiger partial charge in [-0.25, -0.2) is 8.42 Å². The Balaban J connectivity index is 2.61. The molecule has 0 amide bonds. The topological polar surface area (TPSA) is 46.2 Å². The largest absolute Gasteiger partial charge is 0.384 e. The van der Waals surface area contributed by atoms with Crippen LogP contribution in [0.2, 0.25) is 0 Å². The lowest BCUT2D eigenvalue weighted by Crippen LogP contribution is -2.23. The average molecular weight is 255 g/mol. The Bertz CT molecular complexity index is 478. The third kappa shape index (κ3) is 3.73. The van der Waals surface area contributed by atoms with Crippen LogP contribution in [0.3, 0.4) is 0 Å². The summed E-state index contributed by atoms with van der Waals surface area (Å²) >= 11 is 0. The van der Waals surface area contributed by atoms with Crippen LogP contribution in [0.1, 0.15) is 25.0 Å². The van der Waals surface area contributed by atoms with Crippen molar-refractivity contribution in [3.05, 3.63) is 29.3 Å². The van der Waals surface area contributed by atoms with Crippen LogP contribution in [0, 0.1) is 13.8 Å². The van der Waals surface area contributed by atoms with E-state index in [0.29, 0.717) is 6.54 Å². The van der Waals surface area contributed by atoms with Crippen LogP contribution in [0.25, 0.3) is 0 Å². The maximum absolute atomic E-state index is 11.6. The molecule has 0 fully saturated rings. The van der Waals surface area contributed by atoms with E-state index in [-0.39, 0.29) is 11.0 Å². The molecular formula is C13H21NO2S. The van der Waals surface area contributed by atoms with Gasteiger partial charge < -0.3 is 5.32 Å². The van der Waals surface area contributed by atoms with Gasteiger partial charge in [0, 0.05) is 12.2 Å². The quantitative estimate of drug-likeness (QED) is 0.879. The average Bonchev–Trinajstić information content (AvgIpc) is 2.24. The second kappa shape index (κ2) is 5.54. The predicted molar refractivity (Wildman–Crippen MR) is 73.3 cm³/mol. The minimum atomic E-state index is -2.95. The Kier molecular flexibility index (Phi) is 4.57. The summed E-state index contributed by atoms with van der Waals surface area (Å²) in [4.78, 5) is 0. The Morgan fingerprint density at radius 3 is 2.47 bits per heavy atom. The SMILES string of the molecule is Cc1cccc(NCCS(=O)(=O)C(C)C)c1C. The molecule has 96 valence electrons. The monoisotopic (exact) mass is 255 g/mol. The van der Waals surface area contributed by atoms with Crippen LogP contribution >= 0.6 is 0 Å². The van der Waals surface area contributed by atoms with Crippen molar-refractivity contribution in [2.24, 2.45) is 0 Å². The van der Waals surface area contributed by atoms with E-state index in [4.69, 9.17) is 0 Å². The van der Waals surface area contributed by atoms with Gasteiger partial charge in [-0.05, 0) is 44.9 Å². The summed E-state index contributed by atoms with van der Waals surface area (Å²) in [6.07, 6.45) is 0. The summed E-state index contributed by atoms with van der Waals surface area (Å²) in [6.45, 7) is 7.98. The molecule has 0 saturated carbocycles. The number of rotatable bonds is 5. The highest BCUT2D eigenvalue weighted by Gasteiger charge is 2.15. The summed E-state index contributed by atoms with van der Waals surface area (Å²) in [6, 6.07) is 6.00. The van der Waals surface area contributed by atoms with E-state index in [2.05, 4.69) is 5.32 Å². The van der Waals surface area contributed by atoms with E-state index < -0.39 is 9.84 Å². The number of hydrogen-bond donors (Lipinski definition) is 1. The first kappa shape index (κ1) is 14.0. The van der Waals surface area contributed by atoms with Crippen LogP contribution in [0.15, 0.2) is 18.2 Å². The fraction of sp³-hybridized carbons (Fsp3) is 0.538. The lowest BCUT2D eigenvalue weighted by Gasteiger charge is -2.12. The summed E-state index contributed by atoms with van der Waals surface area (Å²) in [5.41, 5.74) is 3.40. The van der Waals surface area contributed by atoms with E-state index in [1.807, 2.05) is 32.0 Å². The molecule has 3 nitrogen and oxygen atoms in total. The lowest BCUT2D eigenvalue weighted by atomic mass is 10.1. The van der Waals surface area contributed by atoms with Crippen LogP contribution < -0.4 is 5.32 Å². The van der Waals surface area contributed by atoms with Crippen LogP contribution in [-0.2, 0) is 9.84 Å². The van der Waals surface area contributed by atoms with Gasteiger partial charge in [-0.1, -0.05) is 12.1 Å². The Hall–Kier alpha value is -1.03. The molecule has 0 aliphatic heterocycles. The lowest BCUT2D eigenvalue weighted by molar-refractivity contribution is 0.588. The van der Waals surface area contributed by atoms with Gasteiger partial charge in [0.25, 0.3) is 0 Å². The molecule has 0 aliphatic carbocycles. The zero-order valence-electron chi connectivity index (χ0n) is 10.9. The van der Waals surface area contributed by atoms with Gasteiger partial charge >= 0.3 is 0 Å². The molecule has 0 unspecified atom stereocenters. The Labute approximate surface area is 104 Å². The summed E-state index contributed by atoms with van der Waals surface area (Å²) < 4.78 is 23.3. The number of anilines is 1. The summed E-state index contributed by atoms with van der Waals surface area (Å²) in [5.74, 6) is 0.179. The number of sulfone groups is 1. The van der Waals surface area contributed by atoms with Crippen molar-refractivity contribution in [3.63, 3.8) is 0 Å². The molecule has 0 heterocycles. The standard InChI is InChI=1S/C13H21NO2S/c1-10(2)17(15,16)9-8-14-13-7-5-6-11(3)12(13)4/h5-7,10,14H,8-9H2,1-4H3. The van der Waals surface area contributed by atoms with E-state index in [1.165, 1.54) is 11.1 Å². The zero-order chi connectivity index (χ0) is 13.1. The van der Waals surface area contributed by atoms with Crippen molar-refractivity contribution < 1.29 is 8.42 Å². The highest BCUT2D eigenvalue weighted by atomic mass is 32.2. The summed E-state index contributed by atoms with van der Waals surface area (Å²) in [7, 11) is -2.95. The van der Waals surface area contributed by atoms with Gasteiger partial charge in [0.1, 0.15) is 0 Å². The highest BCUT2D eigenvalue weighted by molar-refractivity contribution is 7.92. The fourth-order valence-electron chi connectivity index (χ4n) is 1.51. The van der Waals surface area contributed by atoms with Gasteiger partial charge in [0.05, 0.1) is 11.0 Å². The maximum Gasteiger partial charge on any atom is 0.154 e. The molecule has 1 rings (SSSR count). The molecule has 1 N–H and O–H groups in total. The van der Waals surface area contributed by atoms with Crippen LogP contribution in [0.5, 0.6) is 0 Å². The van der Waals surface area contributed by atoms with Crippen molar-refractivity contribution in [1.82, 2.24) is 0 Å². The molecule has 0 spiro atoms. The predicted octanol–water partition coefficient (Wildman–Crippen LogP) is 2.54. The Morgan fingerprint density at radius 1 is 1.24 bits per heavy atom. The van der Waals surface area contributed by atoms with Gasteiger partial charge in [0.2, 0.25) is 0 Å². The minimum absolute atomic E-state index is 0.179. The molecular weight excluding hydrogens is 234 g/mol. The molecule has 4 heteroatoms. The maximum atomic E-state index is 11.6. The zero-order valence-corrected chi connectivity index (χ0v) is 11.8. The second-order valence-electron chi connectivity index (χ2n) is 4.59. The van der Waals surface area contributed by atoms with E-state index in [1.54, 1.807) is 13.8 Å². The third-order valence-corrected chi connectivity index (χ3v) is 5.23. The van der Waals surface area contributed by atoms with Gasteiger partial charge in [-0.15, -0.1) is 0 Å². The second-order valence-corrected chi connectivity index (χ2v) is 7.27. The third-order valence-electron chi connectivity index (χ3n) is 3.02. The fourth-order valence-corrected chi connectivity index (χ4v) is 2.36. The molecule has 0 saturated heterocycles. The normalized spacial score (nSPS) is 11.8. The smallest absolute Gasteiger partial charge is 0.154 e. The first-order chi connectivity index (χ1) is 7.84. The molecule has 0 aromatic heterocycles. The van der Waals surface area contributed by atoms with Crippen molar-refractivity contribution in [3.8, 4) is 0 Å². The van der Waals surface area contributed by atoms with Crippen LogP contribution in [-0.4, -0.2) is 26.0 Å². The first-order valence-electron chi connectivity index (χ1n) is 5.86. The van der Waals surface area contributed by atoms with E-state index >= 15 is 0 Å². The number of nitrogens with one attached hydrogen (secondary N) is 1. The Morgan fingerprint density at radius 2 is 1.88 bits per heavy atom. The highest BCUT2D eigenvalue weighted by Crippen LogP contribution is 2.17. The van der Waals surface area contributed by atoms with E-state index in [9.17, 15) is 8.42 Å². The molecule has 0 aliphatic rings. The first-order valence-corrected chi connectivity index (χ1v) is 7.58. The molecule has 17 heavy (non-hydrogen) atoms. The molecule has 1 aromatic rings. The van der Waals surface area contributed by atoms with Gasteiger partial charge in [-0.3, -0.25) is 0 Å². The van der Waals surface area contributed by atoms with Gasteiger partial charge in [-0.2, -0.15) is 0 Å². The molecule has 0 atom stereocenters. The van der Waals surface area contributed by atoms with Crippen LogP contribution in [0.4, 0.5) is 5.69 Å². The van der Waals surface area contributed by atoms with Crippen molar-refractivity contribution in [2.75, 3.05) is 17.6 Å². The van der Waals surface area contributed by atoms with Crippen molar-refractivity contribution >= 4 is 15.5 Å². The molecule has 0 bridgehead atoms. The number of aryl methyl sites for hydroxylation is 1. The number of hydrogen-bond acceptors (Lipinski definition) is 3. The minimum Gasteiger partial charge on any atom is -0.384 e. The van der Waals surface area contributed by atoms with Gasteiger partial charge in [0.15, 0.2) is 9.84 Å². The van der Waals surface area contributed by atoms with Crippen molar-refractivity contribution in [2.45, 2.75) is 32.9 Å². The summed E-state index contributed by atoms with van der Waals surface area (Å²) in [5, 5.41) is 2.88. The van der Waals surface area contributed by atoms with Crippen molar-refractivity contribution in [1.29, 1.82) is 0 Å².